The lowest BCUT2D eigenvalue weighted by atomic mass is 9.80. The second-order valence-electron chi connectivity index (χ2n) is 8.27. The second-order valence-corrected chi connectivity index (χ2v) is 8.71. The van der Waals surface area contributed by atoms with E-state index in [-0.39, 0.29) is 37.0 Å². The van der Waals surface area contributed by atoms with Crippen LogP contribution < -0.4 is 0 Å². The van der Waals surface area contributed by atoms with Crippen molar-refractivity contribution in [3.8, 4) is 11.1 Å². The van der Waals surface area contributed by atoms with E-state index in [9.17, 15) is 23.1 Å². The topological polar surface area (TPSA) is 55.8 Å². The van der Waals surface area contributed by atoms with Gasteiger partial charge in [0.2, 0.25) is 0 Å². The first-order chi connectivity index (χ1) is 15.1. The molecule has 1 spiro atoms. The molecule has 2 aliphatic rings. The molecule has 0 bridgehead atoms. The lowest BCUT2D eigenvalue weighted by Crippen LogP contribution is -2.39. The van der Waals surface area contributed by atoms with Gasteiger partial charge in [-0.25, -0.2) is 4.79 Å². The smallest absolute Gasteiger partial charge is 0.411 e. The van der Waals surface area contributed by atoms with Crippen molar-refractivity contribution in [2.24, 2.45) is 0 Å². The third-order valence-electron chi connectivity index (χ3n) is 6.07. The van der Waals surface area contributed by atoms with Gasteiger partial charge in [0.25, 0.3) is 0 Å². The number of aliphatic hydroxyl groups is 1. The first-order valence-corrected chi connectivity index (χ1v) is 10.7. The van der Waals surface area contributed by atoms with Crippen LogP contribution in [0.1, 0.15) is 36.8 Å². The molecular weight excluding hydrogens is 445 g/mol. The zero-order valence-corrected chi connectivity index (χ0v) is 18.1. The number of benzene rings is 2. The van der Waals surface area contributed by atoms with Crippen LogP contribution in [0.4, 0.5) is 13.2 Å². The Morgan fingerprint density at radius 1 is 1.12 bits per heavy atom. The van der Waals surface area contributed by atoms with Gasteiger partial charge in [0, 0.05) is 5.02 Å². The van der Waals surface area contributed by atoms with Crippen molar-refractivity contribution < 1.29 is 32.5 Å². The van der Waals surface area contributed by atoms with Gasteiger partial charge in [-0.1, -0.05) is 35.9 Å². The fourth-order valence-corrected chi connectivity index (χ4v) is 4.45. The molecule has 1 N–H and O–H groups in total. The van der Waals surface area contributed by atoms with E-state index in [1.165, 1.54) is 0 Å². The fourth-order valence-electron chi connectivity index (χ4n) is 4.33. The highest BCUT2D eigenvalue weighted by Gasteiger charge is 2.51. The van der Waals surface area contributed by atoms with Gasteiger partial charge in [-0.2, -0.15) is 13.2 Å². The van der Waals surface area contributed by atoms with E-state index >= 15 is 0 Å². The Bertz CT molecular complexity index is 1050. The monoisotopic (exact) mass is 466 g/mol. The predicted octanol–water partition coefficient (Wildman–Crippen LogP) is 6.40. The van der Waals surface area contributed by atoms with Crippen LogP contribution in [-0.4, -0.2) is 35.6 Å². The van der Waals surface area contributed by atoms with Crippen molar-refractivity contribution in [1.82, 2.24) is 0 Å². The number of hydrogen-bond acceptors (Lipinski definition) is 4. The molecule has 1 aliphatic heterocycles. The highest BCUT2D eigenvalue weighted by Crippen LogP contribution is 2.46. The standard InChI is InChI=1S/C24H22ClF3O4/c1-14-2-3-16(15-4-6-17(25)7-5-15)12-19(14)20-21(29)23(32-22(20)30)10-8-18(9-11-23)31-13-24(26,27)28/h2-7,12,18,29H,8-11,13H2,1H3. The number of rotatable bonds is 4. The molecule has 8 heteroatoms. The Hall–Kier alpha value is -2.51. The molecule has 0 radical (unpaired) electrons. The number of alkyl halides is 3. The van der Waals surface area contributed by atoms with Crippen molar-refractivity contribution in [2.75, 3.05) is 6.61 Å². The molecule has 4 rings (SSSR count). The minimum atomic E-state index is -4.39. The number of aliphatic hydroxyl groups excluding tert-OH is 1. The highest BCUT2D eigenvalue weighted by atomic mass is 35.5. The van der Waals surface area contributed by atoms with Crippen LogP contribution in [0, 0.1) is 6.92 Å². The van der Waals surface area contributed by atoms with Crippen molar-refractivity contribution in [2.45, 2.75) is 50.5 Å². The van der Waals surface area contributed by atoms with E-state index < -0.39 is 30.5 Å². The van der Waals surface area contributed by atoms with Crippen LogP contribution >= 0.6 is 11.6 Å². The average Bonchev–Trinajstić information content (AvgIpc) is 2.97. The summed E-state index contributed by atoms with van der Waals surface area (Å²) >= 11 is 5.97. The van der Waals surface area contributed by atoms with Gasteiger partial charge in [-0.05, 0) is 73.1 Å². The van der Waals surface area contributed by atoms with Gasteiger partial charge >= 0.3 is 12.1 Å². The molecule has 32 heavy (non-hydrogen) atoms. The molecule has 2 aromatic carbocycles. The number of halogens is 4. The molecule has 2 aromatic rings. The third kappa shape index (κ3) is 4.50. The van der Waals surface area contributed by atoms with E-state index in [2.05, 4.69) is 0 Å². The summed E-state index contributed by atoms with van der Waals surface area (Å²) in [5, 5.41) is 11.7. The molecule has 0 saturated heterocycles. The number of ether oxygens (including phenoxy) is 2. The maximum absolute atomic E-state index is 12.8. The Labute approximate surface area is 188 Å². The number of carbonyl (C=O) groups is 1. The molecule has 1 fully saturated rings. The fraction of sp³-hybridized carbons (Fsp3) is 0.375. The first kappa shape index (κ1) is 22.7. The highest BCUT2D eigenvalue weighted by molar-refractivity contribution is 6.30. The van der Waals surface area contributed by atoms with Crippen LogP contribution in [0.5, 0.6) is 0 Å². The van der Waals surface area contributed by atoms with E-state index in [1.54, 1.807) is 12.1 Å². The molecule has 0 atom stereocenters. The van der Waals surface area contributed by atoms with E-state index in [0.717, 1.165) is 16.7 Å². The Balaban J connectivity index is 1.60. The minimum Gasteiger partial charge on any atom is -0.507 e. The number of esters is 1. The Morgan fingerprint density at radius 2 is 1.75 bits per heavy atom. The van der Waals surface area contributed by atoms with Gasteiger partial charge in [0.05, 0.1) is 6.10 Å². The molecule has 170 valence electrons. The summed E-state index contributed by atoms with van der Waals surface area (Å²) in [7, 11) is 0. The molecular formula is C24H22ClF3O4. The predicted molar refractivity (Wildman–Crippen MR) is 114 cm³/mol. The van der Waals surface area contributed by atoms with Crippen LogP contribution in [-0.2, 0) is 14.3 Å². The summed E-state index contributed by atoms with van der Waals surface area (Å²) < 4.78 is 47.8. The van der Waals surface area contributed by atoms with Gasteiger partial charge in [0.15, 0.2) is 11.4 Å². The minimum absolute atomic E-state index is 0.105. The number of hydrogen-bond donors (Lipinski definition) is 1. The maximum atomic E-state index is 12.8. The SMILES string of the molecule is Cc1ccc(-c2ccc(Cl)cc2)cc1C1=C(O)C2(CCC(OCC(F)(F)F)CC2)OC1=O. The Kier molecular flexibility index (Phi) is 5.98. The molecule has 1 aliphatic carbocycles. The number of aryl methyl sites for hydroxylation is 1. The zero-order valence-electron chi connectivity index (χ0n) is 17.3. The van der Waals surface area contributed by atoms with Gasteiger partial charge in [0.1, 0.15) is 12.2 Å². The summed E-state index contributed by atoms with van der Waals surface area (Å²) in [6.45, 7) is 0.523. The molecule has 0 aromatic heterocycles. The summed E-state index contributed by atoms with van der Waals surface area (Å²) in [5.74, 6) is -0.790. The molecule has 1 saturated carbocycles. The van der Waals surface area contributed by atoms with Crippen molar-refractivity contribution in [1.29, 1.82) is 0 Å². The van der Waals surface area contributed by atoms with Crippen molar-refractivity contribution in [3.05, 3.63) is 64.4 Å². The van der Waals surface area contributed by atoms with Gasteiger partial charge in [-0.15, -0.1) is 0 Å². The summed E-state index contributed by atoms with van der Waals surface area (Å²) in [5.41, 5.74) is 1.99. The normalized spacial score (nSPS) is 23.7. The lowest BCUT2D eigenvalue weighted by molar-refractivity contribution is -0.192. The molecule has 0 unspecified atom stereocenters. The molecule has 1 heterocycles. The number of carbonyl (C=O) groups excluding carboxylic acids is 1. The maximum Gasteiger partial charge on any atom is 0.411 e. The summed E-state index contributed by atoms with van der Waals surface area (Å²) in [6, 6.07) is 12.9. The van der Waals surface area contributed by atoms with Crippen LogP contribution in [0.3, 0.4) is 0 Å². The van der Waals surface area contributed by atoms with E-state index in [0.29, 0.717) is 10.6 Å². The van der Waals surface area contributed by atoms with Crippen LogP contribution in [0.15, 0.2) is 48.2 Å². The average molecular weight is 467 g/mol. The van der Waals surface area contributed by atoms with Crippen molar-refractivity contribution in [3.63, 3.8) is 0 Å². The first-order valence-electron chi connectivity index (χ1n) is 10.3. The molecule has 4 nitrogen and oxygen atoms in total. The molecule has 0 amide bonds. The Morgan fingerprint density at radius 3 is 2.38 bits per heavy atom. The van der Waals surface area contributed by atoms with Crippen molar-refractivity contribution >= 4 is 23.1 Å². The summed E-state index contributed by atoms with van der Waals surface area (Å²) in [4.78, 5) is 12.8. The van der Waals surface area contributed by atoms with Gasteiger partial charge < -0.3 is 14.6 Å². The summed E-state index contributed by atoms with van der Waals surface area (Å²) in [6.07, 6.45) is -4.07. The largest absolute Gasteiger partial charge is 0.507 e. The van der Waals surface area contributed by atoms with Gasteiger partial charge in [-0.3, -0.25) is 0 Å². The lowest BCUT2D eigenvalue weighted by Gasteiger charge is -2.35. The quantitative estimate of drug-likeness (QED) is 0.529. The zero-order chi connectivity index (χ0) is 23.1. The van der Waals surface area contributed by atoms with E-state index in [4.69, 9.17) is 21.1 Å². The van der Waals surface area contributed by atoms with Crippen LogP contribution in [0.25, 0.3) is 16.7 Å². The second kappa shape index (κ2) is 8.45. The van der Waals surface area contributed by atoms with Crippen LogP contribution in [0.2, 0.25) is 5.02 Å². The van der Waals surface area contributed by atoms with E-state index in [1.807, 2.05) is 37.3 Å². The third-order valence-corrected chi connectivity index (χ3v) is 6.32.